The van der Waals surface area contributed by atoms with Crippen LogP contribution in [0.25, 0.3) is 0 Å². The normalized spacial score (nSPS) is 12.7. The molecule has 0 saturated heterocycles. The summed E-state index contributed by atoms with van der Waals surface area (Å²) in [5.41, 5.74) is 2.40. The zero-order chi connectivity index (χ0) is 20.9. The van der Waals surface area contributed by atoms with Crippen molar-refractivity contribution in [2.24, 2.45) is 11.3 Å². The molecule has 1 unspecified atom stereocenters. The van der Waals surface area contributed by atoms with Gasteiger partial charge in [-0.25, -0.2) is 0 Å². The maximum atomic E-state index is 13.0. The number of carbonyl (C=O) groups excluding carboxylic acids is 2. The van der Waals surface area contributed by atoms with Crippen LogP contribution in [0.5, 0.6) is 0 Å². The zero-order valence-corrected chi connectivity index (χ0v) is 18.5. The van der Waals surface area contributed by atoms with Crippen molar-refractivity contribution >= 4 is 23.2 Å². The second kappa shape index (κ2) is 9.25. The lowest BCUT2D eigenvalue weighted by Crippen LogP contribution is -2.44. The van der Waals surface area contributed by atoms with Crippen molar-refractivity contribution < 1.29 is 9.59 Å². The minimum atomic E-state index is -0.439. The van der Waals surface area contributed by atoms with Crippen molar-refractivity contribution in [3.8, 4) is 0 Å². The Morgan fingerprint density at radius 1 is 1.11 bits per heavy atom. The quantitative estimate of drug-likeness (QED) is 0.762. The van der Waals surface area contributed by atoms with Gasteiger partial charge in [-0.2, -0.15) is 0 Å². The van der Waals surface area contributed by atoms with Crippen LogP contribution in [0.4, 0.5) is 11.4 Å². The van der Waals surface area contributed by atoms with Gasteiger partial charge in [-0.1, -0.05) is 41.5 Å². The van der Waals surface area contributed by atoms with Gasteiger partial charge in [0.15, 0.2) is 0 Å². The average molecular weight is 376 g/mol. The predicted molar refractivity (Wildman–Crippen MR) is 114 cm³/mol. The van der Waals surface area contributed by atoms with Gasteiger partial charge in [0.05, 0.1) is 0 Å². The molecule has 0 radical (unpaired) electrons. The van der Waals surface area contributed by atoms with Gasteiger partial charge >= 0.3 is 0 Å². The second-order valence-corrected chi connectivity index (χ2v) is 8.82. The first-order valence-electron chi connectivity index (χ1n) is 9.80. The van der Waals surface area contributed by atoms with E-state index in [-0.39, 0.29) is 23.8 Å². The molecule has 0 aliphatic heterocycles. The summed E-state index contributed by atoms with van der Waals surface area (Å²) in [5.74, 6) is 0.0438. The minimum absolute atomic E-state index is 0.0110. The lowest BCUT2D eigenvalue weighted by atomic mass is 9.93. The highest BCUT2D eigenvalue weighted by Gasteiger charge is 2.30. The number of nitrogens with zero attached hydrogens (tertiary/aromatic N) is 2. The maximum Gasteiger partial charge on any atom is 0.228 e. The van der Waals surface area contributed by atoms with Crippen molar-refractivity contribution in [3.05, 3.63) is 23.8 Å². The summed E-state index contributed by atoms with van der Waals surface area (Å²) in [6.07, 6.45) is 0.892. The van der Waals surface area contributed by atoms with Crippen molar-refractivity contribution in [1.29, 1.82) is 0 Å². The summed E-state index contributed by atoms with van der Waals surface area (Å²) in [5, 5.41) is 2.96. The topological polar surface area (TPSA) is 52.7 Å². The molecule has 0 bridgehead atoms. The number of anilines is 2. The second-order valence-electron chi connectivity index (χ2n) is 8.82. The molecule has 0 aliphatic rings. The maximum absolute atomic E-state index is 13.0. The molecule has 1 atom stereocenters. The van der Waals surface area contributed by atoms with Gasteiger partial charge in [-0.15, -0.1) is 0 Å². The highest BCUT2D eigenvalue weighted by molar-refractivity contribution is 5.92. The van der Waals surface area contributed by atoms with Crippen LogP contribution in [0.3, 0.4) is 0 Å². The smallest absolute Gasteiger partial charge is 0.228 e. The monoisotopic (exact) mass is 375 g/mol. The lowest BCUT2D eigenvalue weighted by Gasteiger charge is -2.35. The number of hydrogen-bond donors (Lipinski definition) is 1. The summed E-state index contributed by atoms with van der Waals surface area (Å²) in [6, 6.07) is 6.04. The average Bonchev–Trinajstić information content (AvgIpc) is 2.57. The minimum Gasteiger partial charge on any atom is -0.377 e. The van der Waals surface area contributed by atoms with Crippen LogP contribution in [0.1, 0.15) is 60.5 Å². The van der Waals surface area contributed by atoms with Gasteiger partial charge in [0.1, 0.15) is 0 Å². The predicted octanol–water partition coefficient (Wildman–Crippen LogP) is 4.52. The Bertz CT molecular complexity index is 660. The Kier molecular flexibility index (Phi) is 7.88. The highest BCUT2D eigenvalue weighted by Crippen LogP contribution is 2.28. The molecule has 1 aromatic carbocycles. The fraction of sp³-hybridized carbons (Fsp3) is 0.636. The van der Waals surface area contributed by atoms with Crippen LogP contribution in [0, 0.1) is 11.3 Å². The van der Waals surface area contributed by atoms with Crippen LogP contribution in [-0.2, 0) is 16.1 Å². The molecule has 1 rings (SSSR count). The van der Waals surface area contributed by atoms with E-state index in [1.807, 2.05) is 76.7 Å². The van der Waals surface area contributed by atoms with E-state index in [1.165, 1.54) is 0 Å². The third kappa shape index (κ3) is 6.26. The SMILES string of the molecule is CCC(C)N(Cc1cc(NC(=O)C(C)C)ccc1N(C)C)C(=O)C(C)(C)C. The van der Waals surface area contributed by atoms with Crippen molar-refractivity contribution in [2.75, 3.05) is 24.3 Å². The van der Waals surface area contributed by atoms with E-state index in [1.54, 1.807) is 0 Å². The molecule has 0 saturated carbocycles. The van der Waals surface area contributed by atoms with Crippen LogP contribution >= 0.6 is 0 Å². The number of benzene rings is 1. The van der Waals surface area contributed by atoms with E-state index < -0.39 is 5.41 Å². The zero-order valence-electron chi connectivity index (χ0n) is 18.5. The number of amides is 2. The molecule has 5 nitrogen and oxygen atoms in total. The van der Waals surface area contributed by atoms with Crippen LogP contribution in [-0.4, -0.2) is 36.9 Å². The molecular formula is C22H37N3O2. The Morgan fingerprint density at radius 2 is 1.70 bits per heavy atom. The summed E-state index contributed by atoms with van der Waals surface area (Å²) >= 11 is 0. The summed E-state index contributed by atoms with van der Waals surface area (Å²) in [7, 11) is 3.98. The Hall–Kier alpha value is -2.04. The standard InChI is InChI=1S/C22H37N3O2/c1-10-16(4)25(21(27)22(5,6)7)14-17-13-18(23-20(26)15(2)3)11-12-19(17)24(8)9/h11-13,15-16H,10,14H2,1-9H3,(H,23,26). The van der Waals surface area contributed by atoms with E-state index in [0.29, 0.717) is 6.54 Å². The molecule has 0 spiro atoms. The fourth-order valence-corrected chi connectivity index (χ4v) is 2.78. The van der Waals surface area contributed by atoms with Gasteiger partial charge in [0.25, 0.3) is 0 Å². The molecule has 0 fully saturated rings. The van der Waals surface area contributed by atoms with Gasteiger partial charge < -0.3 is 15.1 Å². The molecule has 0 heterocycles. The summed E-state index contributed by atoms with van der Waals surface area (Å²) in [6.45, 7) is 14.3. The molecule has 0 aromatic heterocycles. The number of hydrogen-bond acceptors (Lipinski definition) is 3. The Labute approximate surface area is 165 Å². The third-order valence-corrected chi connectivity index (χ3v) is 4.72. The number of nitrogens with one attached hydrogen (secondary N) is 1. The Balaban J connectivity index is 3.29. The molecule has 0 aliphatic carbocycles. The first-order chi connectivity index (χ1) is 12.4. The first-order valence-corrected chi connectivity index (χ1v) is 9.80. The number of rotatable bonds is 7. The molecule has 5 heteroatoms. The highest BCUT2D eigenvalue weighted by atomic mass is 16.2. The lowest BCUT2D eigenvalue weighted by molar-refractivity contribution is -0.142. The Morgan fingerprint density at radius 3 is 2.15 bits per heavy atom. The molecule has 27 heavy (non-hydrogen) atoms. The fourth-order valence-electron chi connectivity index (χ4n) is 2.78. The van der Waals surface area contributed by atoms with Crippen molar-refractivity contribution in [1.82, 2.24) is 4.90 Å². The molecule has 152 valence electrons. The molecule has 2 amide bonds. The van der Waals surface area contributed by atoms with Gasteiger partial charge in [-0.05, 0) is 37.1 Å². The van der Waals surface area contributed by atoms with Crippen LogP contribution < -0.4 is 10.2 Å². The molecule has 1 N–H and O–H groups in total. The van der Waals surface area contributed by atoms with Gasteiger partial charge in [0.2, 0.25) is 11.8 Å². The van der Waals surface area contributed by atoms with Crippen LogP contribution in [0.2, 0.25) is 0 Å². The first kappa shape index (κ1) is 23.0. The van der Waals surface area contributed by atoms with Crippen LogP contribution in [0.15, 0.2) is 18.2 Å². The van der Waals surface area contributed by atoms with E-state index in [9.17, 15) is 9.59 Å². The van der Waals surface area contributed by atoms with E-state index >= 15 is 0 Å². The summed E-state index contributed by atoms with van der Waals surface area (Å²) in [4.78, 5) is 29.1. The number of carbonyl (C=O) groups is 2. The summed E-state index contributed by atoms with van der Waals surface area (Å²) < 4.78 is 0. The largest absolute Gasteiger partial charge is 0.377 e. The van der Waals surface area contributed by atoms with E-state index in [2.05, 4.69) is 19.2 Å². The van der Waals surface area contributed by atoms with Gasteiger partial charge in [0, 0.05) is 49.4 Å². The van der Waals surface area contributed by atoms with E-state index in [0.717, 1.165) is 23.4 Å². The molecular weight excluding hydrogens is 338 g/mol. The van der Waals surface area contributed by atoms with Crippen molar-refractivity contribution in [3.63, 3.8) is 0 Å². The van der Waals surface area contributed by atoms with Crippen molar-refractivity contribution in [2.45, 2.75) is 67.5 Å². The van der Waals surface area contributed by atoms with Gasteiger partial charge in [-0.3, -0.25) is 9.59 Å². The van der Waals surface area contributed by atoms with E-state index in [4.69, 9.17) is 0 Å². The molecule has 1 aromatic rings. The third-order valence-electron chi connectivity index (χ3n) is 4.72.